The number of hydrazone groups is 1. The number of piperazine rings is 1. The Morgan fingerprint density at radius 2 is 1.66 bits per heavy atom. The van der Waals surface area contributed by atoms with Gasteiger partial charge in [0.1, 0.15) is 5.82 Å². The van der Waals surface area contributed by atoms with Crippen LogP contribution in [-0.2, 0) is 4.79 Å². The second-order valence-corrected chi connectivity index (χ2v) is 9.52. The first-order valence-corrected chi connectivity index (χ1v) is 12.3. The van der Waals surface area contributed by atoms with Gasteiger partial charge in [0.15, 0.2) is 0 Å². The molecule has 1 fully saturated rings. The summed E-state index contributed by atoms with van der Waals surface area (Å²) in [4.78, 5) is 17.7. The van der Waals surface area contributed by atoms with Crippen LogP contribution in [0.3, 0.4) is 0 Å². The fraction of sp³-hybridized carbons (Fsp3) is 0.286. The molecule has 2 aliphatic rings. The van der Waals surface area contributed by atoms with Crippen molar-refractivity contribution < 1.29 is 9.18 Å². The van der Waals surface area contributed by atoms with E-state index in [0.29, 0.717) is 43.3 Å². The Balaban J connectivity index is 1.32. The van der Waals surface area contributed by atoms with Crippen molar-refractivity contribution in [3.05, 3.63) is 100 Å². The topological polar surface area (TPSA) is 39.2 Å². The van der Waals surface area contributed by atoms with Gasteiger partial charge in [-0.3, -0.25) is 9.69 Å². The molecule has 3 aromatic carbocycles. The fourth-order valence-corrected chi connectivity index (χ4v) is 5.01. The maximum atomic E-state index is 14.2. The fourth-order valence-electron chi connectivity index (χ4n) is 4.77. The number of hydrogen-bond acceptors (Lipinski definition) is 4. The Bertz CT molecular complexity index is 1240. The van der Waals surface area contributed by atoms with Gasteiger partial charge in [-0.25, -0.2) is 9.40 Å². The number of nitrogens with zero attached hydrogens (tertiary/aromatic N) is 4. The van der Waals surface area contributed by atoms with Crippen molar-refractivity contribution in [1.29, 1.82) is 0 Å². The highest BCUT2D eigenvalue weighted by Gasteiger charge is 2.34. The van der Waals surface area contributed by atoms with E-state index in [1.807, 2.05) is 42.2 Å². The Morgan fingerprint density at radius 3 is 2.37 bits per heavy atom. The molecule has 5 rings (SSSR count). The van der Waals surface area contributed by atoms with E-state index >= 15 is 0 Å². The van der Waals surface area contributed by atoms with Gasteiger partial charge < -0.3 is 4.90 Å². The lowest BCUT2D eigenvalue weighted by Crippen LogP contribution is -2.49. The number of halogens is 2. The van der Waals surface area contributed by atoms with Gasteiger partial charge in [0.05, 0.1) is 24.0 Å². The van der Waals surface area contributed by atoms with E-state index in [1.165, 1.54) is 11.6 Å². The molecule has 0 aromatic heterocycles. The van der Waals surface area contributed by atoms with E-state index in [9.17, 15) is 9.18 Å². The first-order chi connectivity index (χ1) is 17.0. The van der Waals surface area contributed by atoms with Crippen LogP contribution < -0.4 is 4.90 Å². The molecule has 3 aromatic rings. The van der Waals surface area contributed by atoms with Crippen LogP contribution in [0.15, 0.2) is 77.9 Å². The van der Waals surface area contributed by atoms with Crippen LogP contribution in [0.25, 0.3) is 0 Å². The average molecular weight is 491 g/mol. The van der Waals surface area contributed by atoms with Gasteiger partial charge in [0.25, 0.3) is 5.91 Å². The van der Waals surface area contributed by atoms with Gasteiger partial charge in [-0.1, -0.05) is 71.8 Å². The number of amides is 1. The molecule has 1 saturated heterocycles. The number of rotatable bonds is 5. The smallest absolute Gasteiger partial charge is 0.257 e. The van der Waals surface area contributed by atoms with Crippen molar-refractivity contribution >= 4 is 28.9 Å². The highest BCUT2D eigenvalue weighted by molar-refractivity contribution is 6.34. The van der Waals surface area contributed by atoms with Crippen molar-refractivity contribution in [1.82, 2.24) is 9.91 Å². The summed E-state index contributed by atoms with van der Waals surface area (Å²) >= 11 is 6.45. The van der Waals surface area contributed by atoms with Crippen LogP contribution in [-0.4, -0.2) is 54.3 Å². The normalized spacial score (nSPS) is 18.6. The van der Waals surface area contributed by atoms with Crippen molar-refractivity contribution in [3.8, 4) is 0 Å². The van der Waals surface area contributed by atoms with E-state index in [0.717, 1.165) is 16.8 Å². The van der Waals surface area contributed by atoms with Gasteiger partial charge in [0.2, 0.25) is 0 Å². The number of benzene rings is 3. The molecule has 1 unspecified atom stereocenters. The first-order valence-electron chi connectivity index (χ1n) is 11.9. The van der Waals surface area contributed by atoms with Gasteiger partial charge >= 0.3 is 0 Å². The number of para-hydroxylation sites is 1. The van der Waals surface area contributed by atoms with Crippen LogP contribution >= 0.6 is 11.6 Å². The molecule has 5 nitrogen and oxygen atoms in total. The van der Waals surface area contributed by atoms with Crippen molar-refractivity contribution in [2.75, 3.05) is 37.6 Å². The number of aryl methyl sites for hydroxylation is 1. The summed E-state index contributed by atoms with van der Waals surface area (Å²) in [5.74, 6) is -0.256. The van der Waals surface area contributed by atoms with Crippen molar-refractivity contribution in [3.63, 3.8) is 0 Å². The van der Waals surface area contributed by atoms with E-state index < -0.39 is 0 Å². The van der Waals surface area contributed by atoms with Gasteiger partial charge in [-0.2, -0.15) is 5.10 Å². The third-order valence-corrected chi connectivity index (χ3v) is 7.07. The van der Waals surface area contributed by atoms with Gasteiger partial charge in [-0.05, 0) is 30.7 Å². The third-order valence-electron chi connectivity index (χ3n) is 6.74. The summed E-state index contributed by atoms with van der Waals surface area (Å²) in [5.41, 5.74) is 4.52. The minimum atomic E-state index is -0.212. The van der Waals surface area contributed by atoms with E-state index in [-0.39, 0.29) is 24.3 Å². The Labute approximate surface area is 210 Å². The summed E-state index contributed by atoms with van der Waals surface area (Å²) in [7, 11) is 0. The van der Waals surface area contributed by atoms with Crippen LogP contribution in [0.1, 0.15) is 29.2 Å². The molecule has 7 heteroatoms. The highest BCUT2D eigenvalue weighted by atomic mass is 35.5. The zero-order chi connectivity index (χ0) is 24.4. The molecule has 2 aliphatic heterocycles. The summed E-state index contributed by atoms with van der Waals surface area (Å²) in [5, 5.41) is 7.03. The van der Waals surface area contributed by atoms with Gasteiger partial charge in [-0.15, -0.1) is 0 Å². The summed E-state index contributed by atoms with van der Waals surface area (Å²) in [6.07, 6.45) is 0.611. The predicted molar refractivity (Wildman–Crippen MR) is 138 cm³/mol. The largest absolute Gasteiger partial charge is 0.367 e. The molecule has 2 heterocycles. The van der Waals surface area contributed by atoms with Crippen LogP contribution in [0.5, 0.6) is 0 Å². The second-order valence-electron chi connectivity index (χ2n) is 9.11. The minimum absolute atomic E-state index is 0.0445. The molecule has 1 atom stereocenters. The molecule has 0 spiro atoms. The summed E-state index contributed by atoms with van der Waals surface area (Å²) < 4.78 is 14.2. The molecule has 0 N–H and O–H groups in total. The zero-order valence-corrected chi connectivity index (χ0v) is 20.5. The van der Waals surface area contributed by atoms with Gasteiger partial charge in [0, 0.05) is 43.2 Å². The zero-order valence-electron chi connectivity index (χ0n) is 19.7. The van der Waals surface area contributed by atoms with E-state index in [4.69, 9.17) is 16.7 Å². The average Bonchev–Trinajstić information content (AvgIpc) is 3.31. The molecule has 1 amide bonds. The Hall–Kier alpha value is -3.22. The van der Waals surface area contributed by atoms with Crippen molar-refractivity contribution in [2.24, 2.45) is 5.10 Å². The lowest BCUT2D eigenvalue weighted by molar-refractivity contribution is -0.134. The lowest BCUT2D eigenvalue weighted by Gasteiger charge is -2.36. The number of carbonyl (C=O) groups is 1. The quantitative estimate of drug-likeness (QED) is 0.488. The molecule has 0 radical (unpaired) electrons. The third kappa shape index (κ3) is 5.09. The number of hydrogen-bond donors (Lipinski definition) is 0. The van der Waals surface area contributed by atoms with Crippen LogP contribution in [0.4, 0.5) is 10.1 Å². The second kappa shape index (κ2) is 10.2. The van der Waals surface area contributed by atoms with Crippen molar-refractivity contribution in [2.45, 2.75) is 19.4 Å². The number of anilines is 1. The molecule has 35 heavy (non-hydrogen) atoms. The predicted octanol–water partition coefficient (Wildman–Crippen LogP) is 5.29. The molecule has 0 aliphatic carbocycles. The maximum Gasteiger partial charge on any atom is 0.257 e. The van der Waals surface area contributed by atoms with E-state index in [1.54, 1.807) is 17.1 Å². The SMILES string of the molecule is Cc1ccc(C2CC(c3ccccc3Cl)=NN2C(=O)CN2CCN(c3ccccc3F)CC2)cc1. The molecule has 0 saturated carbocycles. The maximum absolute atomic E-state index is 14.2. The van der Waals surface area contributed by atoms with Crippen LogP contribution in [0, 0.1) is 12.7 Å². The summed E-state index contributed by atoms with van der Waals surface area (Å²) in [6, 6.07) is 22.5. The molecule has 180 valence electrons. The minimum Gasteiger partial charge on any atom is -0.367 e. The Kier molecular flexibility index (Phi) is 6.84. The molecular formula is C28H28ClFN4O. The summed E-state index contributed by atoms with van der Waals surface area (Å²) in [6.45, 7) is 5.03. The molecular weight excluding hydrogens is 463 g/mol. The standard InChI is InChI=1S/C28H28ClFN4O/c1-20-10-12-21(13-11-20)27-18-25(22-6-2-3-7-23(22)29)31-34(27)28(35)19-32-14-16-33(17-15-32)26-9-5-4-8-24(26)30/h2-13,27H,14-19H2,1H3. The number of carbonyl (C=O) groups excluding carboxylic acids is 1. The van der Waals surface area contributed by atoms with E-state index in [2.05, 4.69) is 29.2 Å². The lowest BCUT2D eigenvalue weighted by atomic mass is 9.97. The first kappa shape index (κ1) is 23.5. The monoisotopic (exact) mass is 490 g/mol. The highest BCUT2D eigenvalue weighted by Crippen LogP contribution is 2.34. The Morgan fingerprint density at radius 1 is 0.971 bits per heavy atom. The van der Waals surface area contributed by atoms with Crippen LogP contribution in [0.2, 0.25) is 5.02 Å². The molecule has 0 bridgehead atoms.